The number of nitrogens with one attached hydrogen (secondary N) is 1. The Hall–Kier alpha value is -4.46. The van der Waals surface area contributed by atoms with Crippen molar-refractivity contribution in [3.8, 4) is 16.9 Å². The van der Waals surface area contributed by atoms with Crippen molar-refractivity contribution >= 4 is 23.0 Å². The summed E-state index contributed by atoms with van der Waals surface area (Å²) in [5.41, 5.74) is 1.52. The van der Waals surface area contributed by atoms with E-state index in [4.69, 9.17) is 13.9 Å². The molecule has 4 rings (SSSR count). The number of benzene rings is 3. The van der Waals surface area contributed by atoms with Crippen LogP contribution < -0.4 is 15.5 Å². The monoisotopic (exact) mass is 461 g/mol. The molecule has 4 aromatic rings. The quantitative estimate of drug-likeness (QED) is 0.327. The fourth-order valence-corrected chi connectivity index (χ4v) is 3.21. The lowest BCUT2D eigenvalue weighted by Gasteiger charge is -2.13. The number of hydrogen-bond donors (Lipinski definition) is 1. The third-order valence-corrected chi connectivity index (χ3v) is 5.02. The van der Waals surface area contributed by atoms with E-state index in [0.29, 0.717) is 5.56 Å². The van der Waals surface area contributed by atoms with Gasteiger partial charge in [-0.1, -0.05) is 42.5 Å². The maximum absolute atomic E-state index is 13.2. The molecule has 0 aliphatic heterocycles. The largest absolute Gasteiger partial charge is 0.463 e. The van der Waals surface area contributed by atoms with Crippen LogP contribution in [0.5, 0.6) is 5.75 Å². The Morgan fingerprint density at radius 2 is 1.76 bits per heavy atom. The Kier molecular flexibility index (Phi) is 6.68. The van der Waals surface area contributed by atoms with Crippen LogP contribution in [0, 0.1) is 5.82 Å². The number of amides is 1. The topological polar surface area (TPSA) is 94.8 Å². The molecule has 0 aliphatic carbocycles. The van der Waals surface area contributed by atoms with Crippen molar-refractivity contribution in [3.63, 3.8) is 0 Å². The summed E-state index contributed by atoms with van der Waals surface area (Å²) in [5.74, 6) is -0.990. The first-order valence-electron chi connectivity index (χ1n) is 10.4. The van der Waals surface area contributed by atoms with Gasteiger partial charge in [-0.25, -0.2) is 14.0 Å². The Labute approximate surface area is 193 Å². The maximum Gasteiger partial charge on any atom is 0.408 e. The van der Waals surface area contributed by atoms with Gasteiger partial charge in [0.1, 0.15) is 36.1 Å². The van der Waals surface area contributed by atoms with Crippen LogP contribution in [0.3, 0.4) is 0 Å². The number of alkyl carbamates (subject to hydrolysis) is 1. The van der Waals surface area contributed by atoms with E-state index in [1.165, 1.54) is 55.7 Å². The molecule has 1 N–H and O–H groups in total. The van der Waals surface area contributed by atoms with Crippen LogP contribution in [-0.4, -0.2) is 18.1 Å². The van der Waals surface area contributed by atoms with Crippen LogP contribution in [0.1, 0.15) is 12.5 Å². The highest BCUT2D eigenvalue weighted by Crippen LogP contribution is 2.23. The van der Waals surface area contributed by atoms with Crippen LogP contribution in [0.2, 0.25) is 0 Å². The van der Waals surface area contributed by atoms with Gasteiger partial charge < -0.3 is 19.2 Å². The van der Waals surface area contributed by atoms with Gasteiger partial charge in [-0.15, -0.1) is 0 Å². The summed E-state index contributed by atoms with van der Waals surface area (Å²) in [6, 6.07) is 18.0. The van der Waals surface area contributed by atoms with E-state index in [9.17, 15) is 18.8 Å². The minimum atomic E-state index is -0.980. The Morgan fingerprint density at radius 1 is 1.03 bits per heavy atom. The first kappa shape index (κ1) is 22.7. The summed E-state index contributed by atoms with van der Waals surface area (Å²) in [5, 5.41) is 2.69. The zero-order valence-corrected chi connectivity index (χ0v) is 18.1. The summed E-state index contributed by atoms with van der Waals surface area (Å²) >= 11 is 0. The van der Waals surface area contributed by atoms with Crippen LogP contribution in [0.15, 0.2) is 88.3 Å². The van der Waals surface area contributed by atoms with E-state index in [1.54, 1.807) is 0 Å². The second-order valence-corrected chi connectivity index (χ2v) is 7.49. The summed E-state index contributed by atoms with van der Waals surface area (Å²) in [6.07, 6.45) is 0.516. The molecule has 0 bridgehead atoms. The molecule has 8 heteroatoms. The van der Waals surface area contributed by atoms with Crippen LogP contribution in [0.4, 0.5) is 9.18 Å². The molecule has 0 aliphatic rings. The smallest absolute Gasteiger partial charge is 0.408 e. The van der Waals surface area contributed by atoms with Gasteiger partial charge >= 0.3 is 12.1 Å². The molecule has 0 fully saturated rings. The standard InChI is InChI=1S/C26H20FNO6/c1-16(28-26(31)33-14-17-5-3-2-4-6-17)25(30)34-20-11-12-21-23(13-20)32-15-22(24(21)29)18-7-9-19(27)10-8-18/h2-13,15-16H,14H2,1H3,(H,28,31)/t16-/m1/s1. The van der Waals surface area contributed by atoms with Gasteiger partial charge in [0.2, 0.25) is 0 Å². The number of fused-ring (bicyclic) bond motifs is 1. The molecule has 172 valence electrons. The minimum Gasteiger partial charge on any atom is -0.463 e. The van der Waals surface area contributed by atoms with Crippen molar-refractivity contribution in [3.05, 3.63) is 101 Å². The second kappa shape index (κ2) is 9.99. The number of hydrogen-bond acceptors (Lipinski definition) is 6. The van der Waals surface area contributed by atoms with Crippen molar-refractivity contribution in [1.82, 2.24) is 5.32 Å². The van der Waals surface area contributed by atoms with Crippen LogP contribution >= 0.6 is 0 Å². The first-order valence-corrected chi connectivity index (χ1v) is 10.4. The molecule has 3 aromatic carbocycles. The molecule has 0 saturated heterocycles. The predicted octanol–water partition coefficient (Wildman–Crippen LogP) is 4.82. The average molecular weight is 461 g/mol. The highest BCUT2D eigenvalue weighted by molar-refractivity contribution is 5.85. The zero-order valence-electron chi connectivity index (χ0n) is 18.1. The van der Waals surface area contributed by atoms with Crippen molar-refractivity contribution in [2.75, 3.05) is 0 Å². The molecule has 0 unspecified atom stereocenters. The molecule has 1 heterocycles. The molecule has 7 nitrogen and oxygen atoms in total. The maximum atomic E-state index is 13.2. The molecular formula is C26H20FNO6. The molecular weight excluding hydrogens is 441 g/mol. The van der Waals surface area contributed by atoms with Gasteiger partial charge in [-0.05, 0) is 42.3 Å². The number of carbonyl (C=O) groups excluding carboxylic acids is 2. The summed E-state index contributed by atoms with van der Waals surface area (Å²) in [6.45, 7) is 1.53. The fraction of sp³-hybridized carbons (Fsp3) is 0.115. The van der Waals surface area contributed by atoms with Gasteiger partial charge in [-0.3, -0.25) is 4.79 Å². The van der Waals surface area contributed by atoms with Gasteiger partial charge in [0, 0.05) is 6.07 Å². The number of rotatable bonds is 6. The van der Waals surface area contributed by atoms with E-state index >= 15 is 0 Å². The summed E-state index contributed by atoms with van der Waals surface area (Å²) in [4.78, 5) is 37.1. The van der Waals surface area contributed by atoms with Gasteiger partial charge in [0.15, 0.2) is 5.43 Å². The third-order valence-electron chi connectivity index (χ3n) is 5.02. The SMILES string of the molecule is C[C@@H](NC(=O)OCc1ccccc1)C(=O)Oc1ccc2c(=O)c(-c3ccc(F)cc3)coc2c1. The van der Waals surface area contributed by atoms with E-state index in [-0.39, 0.29) is 34.3 Å². The van der Waals surface area contributed by atoms with Crippen molar-refractivity contribution in [2.45, 2.75) is 19.6 Å². The molecule has 34 heavy (non-hydrogen) atoms. The molecule has 0 radical (unpaired) electrons. The van der Waals surface area contributed by atoms with E-state index in [1.807, 2.05) is 30.3 Å². The second-order valence-electron chi connectivity index (χ2n) is 7.49. The predicted molar refractivity (Wildman–Crippen MR) is 123 cm³/mol. The Balaban J connectivity index is 1.40. The van der Waals surface area contributed by atoms with Gasteiger partial charge in [0.25, 0.3) is 0 Å². The molecule has 0 saturated carbocycles. The van der Waals surface area contributed by atoms with E-state index in [2.05, 4.69) is 5.32 Å². The van der Waals surface area contributed by atoms with Crippen molar-refractivity contribution in [1.29, 1.82) is 0 Å². The van der Waals surface area contributed by atoms with E-state index < -0.39 is 23.9 Å². The van der Waals surface area contributed by atoms with Crippen molar-refractivity contribution < 1.29 is 27.9 Å². The zero-order chi connectivity index (χ0) is 24.1. The Bertz CT molecular complexity index is 1380. The van der Waals surface area contributed by atoms with Gasteiger partial charge in [0.05, 0.1) is 10.9 Å². The third kappa shape index (κ3) is 5.29. The van der Waals surface area contributed by atoms with E-state index in [0.717, 1.165) is 5.56 Å². The minimum absolute atomic E-state index is 0.0675. The normalized spacial score (nSPS) is 11.6. The molecule has 0 spiro atoms. The highest BCUT2D eigenvalue weighted by atomic mass is 19.1. The number of ether oxygens (including phenoxy) is 2. The number of halogens is 1. The Morgan fingerprint density at radius 3 is 2.50 bits per heavy atom. The van der Waals surface area contributed by atoms with Gasteiger partial charge in [-0.2, -0.15) is 0 Å². The van der Waals surface area contributed by atoms with Crippen LogP contribution in [-0.2, 0) is 16.1 Å². The lowest BCUT2D eigenvalue weighted by atomic mass is 10.1. The van der Waals surface area contributed by atoms with Crippen LogP contribution in [0.25, 0.3) is 22.1 Å². The van der Waals surface area contributed by atoms with Crippen molar-refractivity contribution in [2.24, 2.45) is 0 Å². The fourth-order valence-electron chi connectivity index (χ4n) is 3.21. The first-order chi connectivity index (χ1) is 16.4. The summed E-state index contributed by atoms with van der Waals surface area (Å²) in [7, 11) is 0. The lowest BCUT2D eigenvalue weighted by molar-refractivity contribution is -0.136. The average Bonchev–Trinajstić information content (AvgIpc) is 2.84. The highest BCUT2D eigenvalue weighted by Gasteiger charge is 2.19. The molecule has 1 aromatic heterocycles. The number of esters is 1. The lowest BCUT2D eigenvalue weighted by Crippen LogP contribution is -2.41. The number of carbonyl (C=O) groups is 2. The molecule has 1 amide bonds. The summed E-state index contributed by atoms with van der Waals surface area (Å²) < 4.78 is 29.1. The molecule has 1 atom stereocenters.